The number of allylic oxidation sites excluding steroid dienone is 4. The third-order valence-electron chi connectivity index (χ3n) is 10.0. The summed E-state index contributed by atoms with van der Waals surface area (Å²) in [6.07, 6.45) is 18.1. The van der Waals surface area contributed by atoms with Crippen molar-refractivity contribution in [3.8, 4) is 5.82 Å². The van der Waals surface area contributed by atoms with Crippen LogP contribution in [0.15, 0.2) is 158 Å². The molecular formula is C41H30N4. The van der Waals surface area contributed by atoms with Crippen LogP contribution in [0.4, 0.5) is 22.9 Å². The van der Waals surface area contributed by atoms with Gasteiger partial charge < -0.3 is 9.80 Å². The molecule has 0 spiro atoms. The highest BCUT2D eigenvalue weighted by molar-refractivity contribution is 6.15. The second-order valence-corrected chi connectivity index (χ2v) is 12.3. The van der Waals surface area contributed by atoms with Gasteiger partial charge in [0.05, 0.1) is 28.8 Å². The molecule has 2 aliphatic heterocycles. The molecule has 0 amide bonds. The monoisotopic (exact) mass is 578 g/mol. The van der Waals surface area contributed by atoms with Gasteiger partial charge >= 0.3 is 0 Å². The molecule has 0 saturated carbocycles. The van der Waals surface area contributed by atoms with Gasteiger partial charge in [0.2, 0.25) is 0 Å². The van der Waals surface area contributed by atoms with Gasteiger partial charge in [-0.1, -0.05) is 121 Å². The average Bonchev–Trinajstić information content (AvgIpc) is 3.75. The molecule has 0 N–H and O–H groups in total. The number of pyridine rings is 1. The topological polar surface area (TPSA) is 24.3 Å². The van der Waals surface area contributed by atoms with E-state index in [0.717, 1.165) is 11.6 Å². The summed E-state index contributed by atoms with van der Waals surface area (Å²) in [5.74, 6) is 2.49. The minimum absolute atomic E-state index is 0.202. The molecule has 4 heterocycles. The fourth-order valence-corrected chi connectivity index (χ4v) is 8.21. The number of nitrogens with zero attached hydrogens (tertiary/aromatic N) is 4. The normalized spacial score (nSPS) is 22.2. The van der Waals surface area contributed by atoms with Gasteiger partial charge in [-0.2, -0.15) is 0 Å². The number of aromatic nitrogens is 2. The molecule has 4 heteroatoms. The van der Waals surface area contributed by atoms with Crippen LogP contribution in [-0.4, -0.2) is 21.6 Å². The van der Waals surface area contributed by atoms with Crippen molar-refractivity contribution in [1.29, 1.82) is 0 Å². The quantitative estimate of drug-likeness (QED) is 0.209. The summed E-state index contributed by atoms with van der Waals surface area (Å²) < 4.78 is 2.41. The van der Waals surface area contributed by atoms with Crippen LogP contribution in [0.5, 0.6) is 0 Å². The number of anilines is 4. The molecule has 4 atom stereocenters. The predicted molar refractivity (Wildman–Crippen MR) is 185 cm³/mol. The third kappa shape index (κ3) is 3.45. The zero-order valence-corrected chi connectivity index (χ0v) is 24.6. The van der Waals surface area contributed by atoms with Gasteiger partial charge in [0.25, 0.3) is 0 Å². The van der Waals surface area contributed by atoms with Crippen molar-refractivity contribution in [2.75, 3.05) is 9.80 Å². The van der Waals surface area contributed by atoms with Crippen molar-refractivity contribution < 1.29 is 0 Å². The van der Waals surface area contributed by atoms with Crippen molar-refractivity contribution in [2.24, 2.45) is 0 Å². The van der Waals surface area contributed by atoms with Gasteiger partial charge in [-0.3, -0.25) is 4.57 Å². The highest BCUT2D eigenvalue weighted by Gasteiger charge is 2.41. The fourth-order valence-electron chi connectivity index (χ4n) is 8.21. The van der Waals surface area contributed by atoms with Crippen LogP contribution in [0.2, 0.25) is 0 Å². The Kier molecular flexibility index (Phi) is 5.20. The van der Waals surface area contributed by atoms with E-state index < -0.39 is 0 Å². The Balaban J connectivity index is 1.24. The molecule has 6 aromatic rings. The minimum Gasteiger partial charge on any atom is -0.332 e. The van der Waals surface area contributed by atoms with Gasteiger partial charge in [0, 0.05) is 34.0 Å². The Morgan fingerprint density at radius 1 is 0.489 bits per heavy atom. The van der Waals surface area contributed by atoms with E-state index in [1.807, 2.05) is 0 Å². The van der Waals surface area contributed by atoms with Crippen molar-refractivity contribution in [3.63, 3.8) is 0 Å². The zero-order valence-electron chi connectivity index (χ0n) is 24.6. The first kappa shape index (κ1) is 24.8. The van der Waals surface area contributed by atoms with E-state index in [-0.39, 0.29) is 18.0 Å². The van der Waals surface area contributed by atoms with Crippen LogP contribution in [0.3, 0.4) is 0 Å². The summed E-state index contributed by atoms with van der Waals surface area (Å²) in [6, 6.07) is 40.0. The van der Waals surface area contributed by atoms with Gasteiger partial charge in [-0.25, -0.2) is 4.98 Å². The van der Waals surface area contributed by atoms with Gasteiger partial charge in [-0.15, -0.1) is 0 Å². The summed E-state index contributed by atoms with van der Waals surface area (Å²) >= 11 is 0. The average molecular weight is 579 g/mol. The number of fused-ring (bicyclic) bond motifs is 10. The van der Waals surface area contributed by atoms with Crippen LogP contribution in [-0.2, 0) is 0 Å². The van der Waals surface area contributed by atoms with Crippen molar-refractivity contribution in [1.82, 2.24) is 9.55 Å². The standard InChI is InChI=1S/C41H30N4/c1-2-13-27(14-3-1)43-34-19-8-6-17-30(34)32-25-26-33-31-18-7-11-22-37(31)45(41(33)40(32)43)39-24-12-23-38(42-39)44-35-20-9-4-15-28(35)29-16-5-10-21-36(29)44/h1-26,28,30,34-35H. The molecule has 2 aromatic heterocycles. The largest absolute Gasteiger partial charge is 0.332 e. The molecule has 0 bridgehead atoms. The van der Waals surface area contributed by atoms with Gasteiger partial charge in [0.1, 0.15) is 11.6 Å². The lowest BCUT2D eigenvalue weighted by Crippen LogP contribution is -2.29. The van der Waals surface area contributed by atoms with Crippen LogP contribution in [0.25, 0.3) is 27.6 Å². The summed E-state index contributed by atoms with van der Waals surface area (Å²) in [4.78, 5) is 10.4. The van der Waals surface area contributed by atoms with E-state index in [0.29, 0.717) is 5.92 Å². The van der Waals surface area contributed by atoms with Crippen LogP contribution in [0.1, 0.15) is 23.0 Å². The third-order valence-corrected chi connectivity index (χ3v) is 10.0. The molecule has 0 fully saturated rings. The summed E-state index contributed by atoms with van der Waals surface area (Å²) in [5.41, 5.74) is 8.78. The Morgan fingerprint density at radius 2 is 1.18 bits per heavy atom. The van der Waals surface area contributed by atoms with E-state index in [9.17, 15) is 0 Å². The maximum Gasteiger partial charge on any atom is 0.140 e. The molecule has 10 rings (SSSR count). The van der Waals surface area contributed by atoms with Crippen molar-refractivity contribution in [3.05, 3.63) is 169 Å². The van der Waals surface area contributed by atoms with Crippen molar-refractivity contribution >= 4 is 44.7 Å². The number of hydrogen-bond acceptors (Lipinski definition) is 3. The molecule has 45 heavy (non-hydrogen) atoms. The summed E-state index contributed by atoms with van der Waals surface area (Å²) in [6.45, 7) is 0. The van der Waals surface area contributed by atoms with Gasteiger partial charge in [0.15, 0.2) is 0 Å². The van der Waals surface area contributed by atoms with Crippen LogP contribution < -0.4 is 9.80 Å². The predicted octanol–water partition coefficient (Wildman–Crippen LogP) is 9.64. The lowest BCUT2D eigenvalue weighted by Gasteiger charge is -2.29. The maximum atomic E-state index is 5.49. The smallest absolute Gasteiger partial charge is 0.140 e. The Morgan fingerprint density at radius 3 is 2.04 bits per heavy atom. The summed E-state index contributed by atoms with van der Waals surface area (Å²) in [7, 11) is 0. The molecule has 4 unspecified atom stereocenters. The van der Waals surface area contributed by atoms with Gasteiger partial charge in [-0.05, 0) is 47.5 Å². The molecule has 2 aliphatic carbocycles. The maximum absolute atomic E-state index is 5.49. The molecule has 0 saturated heterocycles. The molecule has 4 aromatic carbocycles. The summed E-state index contributed by atoms with van der Waals surface area (Å²) in [5, 5.41) is 2.49. The SMILES string of the molecule is C1=CC2c3ccccc3N(c3cccc(-n4c5ccccc5c5ccc6c(c54)N(c4ccccc4)C4C=CC=CC64)n3)C2C=C1. The molecule has 4 aliphatic rings. The second kappa shape index (κ2) is 9.44. The van der Waals surface area contributed by atoms with E-state index in [1.54, 1.807) is 0 Å². The minimum atomic E-state index is 0.202. The molecule has 0 radical (unpaired) electrons. The number of rotatable bonds is 3. The van der Waals surface area contributed by atoms with Crippen LogP contribution in [0, 0.1) is 0 Å². The van der Waals surface area contributed by atoms with E-state index in [1.165, 1.54) is 50.0 Å². The number of benzene rings is 4. The first-order chi connectivity index (χ1) is 22.4. The van der Waals surface area contributed by atoms with E-state index in [4.69, 9.17) is 4.98 Å². The number of para-hydroxylation sites is 3. The highest BCUT2D eigenvalue weighted by Crippen LogP contribution is 2.53. The molecule has 214 valence electrons. The molecule has 4 nitrogen and oxygen atoms in total. The van der Waals surface area contributed by atoms with E-state index in [2.05, 4.69) is 172 Å². The first-order valence-corrected chi connectivity index (χ1v) is 15.8. The zero-order chi connectivity index (χ0) is 29.5. The highest BCUT2D eigenvalue weighted by atomic mass is 15.3. The van der Waals surface area contributed by atoms with Crippen LogP contribution >= 0.6 is 0 Å². The lowest BCUT2D eigenvalue weighted by atomic mass is 9.91. The van der Waals surface area contributed by atoms with Crippen molar-refractivity contribution in [2.45, 2.75) is 23.9 Å². The second-order valence-electron chi connectivity index (χ2n) is 12.3. The fraction of sp³-hybridized carbons (Fsp3) is 0.0976. The van der Waals surface area contributed by atoms with E-state index >= 15 is 0 Å². The Bertz CT molecular complexity index is 2270. The Labute approximate surface area is 262 Å². The lowest BCUT2D eigenvalue weighted by molar-refractivity contribution is 0.737. The Hall–Kier alpha value is -5.61. The first-order valence-electron chi connectivity index (χ1n) is 15.8. The number of hydrogen-bond donors (Lipinski definition) is 0. The molecular weight excluding hydrogens is 548 g/mol.